The zero-order valence-corrected chi connectivity index (χ0v) is 15.1. The Bertz CT molecular complexity index is 964. The summed E-state index contributed by atoms with van der Waals surface area (Å²) in [5.41, 5.74) is 3.57. The van der Waals surface area contributed by atoms with E-state index in [0.29, 0.717) is 12.4 Å². The third kappa shape index (κ3) is 4.27. The van der Waals surface area contributed by atoms with Gasteiger partial charge in [-0.3, -0.25) is 9.97 Å². The second-order valence-electron chi connectivity index (χ2n) is 5.89. The van der Waals surface area contributed by atoms with Crippen LogP contribution in [-0.4, -0.2) is 19.9 Å². The van der Waals surface area contributed by atoms with E-state index in [-0.39, 0.29) is 0 Å². The molecule has 1 N–H and O–H groups in total. The number of pyridine rings is 2. The molecule has 0 unspecified atom stereocenters. The SMILES string of the molecule is Clc1ccc(CNc2cc(-c3ccccn3)nc(-c3ccncc3)n2)cc1. The highest BCUT2D eigenvalue weighted by Crippen LogP contribution is 2.23. The largest absolute Gasteiger partial charge is 0.366 e. The van der Waals surface area contributed by atoms with Crippen LogP contribution in [0.1, 0.15) is 5.56 Å². The van der Waals surface area contributed by atoms with Gasteiger partial charge in [-0.25, -0.2) is 9.97 Å². The van der Waals surface area contributed by atoms with Gasteiger partial charge in [-0.2, -0.15) is 0 Å². The van der Waals surface area contributed by atoms with E-state index < -0.39 is 0 Å². The lowest BCUT2D eigenvalue weighted by atomic mass is 10.2. The molecule has 0 spiro atoms. The smallest absolute Gasteiger partial charge is 0.162 e. The highest BCUT2D eigenvalue weighted by atomic mass is 35.5. The molecule has 0 aliphatic carbocycles. The molecule has 3 aromatic heterocycles. The first-order chi connectivity index (χ1) is 13.3. The van der Waals surface area contributed by atoms with E-state index in [9.17, 15) is 0 Å². The Balaban J connectivity index is 1.68. The molecule has 0 aliphatic heterocycles. The summed E-state index contributed by atoms with van der Waals surface area (Å²) < 4.78 is 0. The number of nitrogens with zero attached hydrogens (tertiary/aromatic N) is 4. The minimum absolute atomic E-state index is 0.624. The molecule has 4 rings (SSSR count). The van der Waals surface area contributed by atoms with Crippen molar-refractivity contribution in [2.45, 2.75) is 6.54 Å². The average Bonchev–Trinajstić information content (AvgIpc) is 2.74. The van der Waals surface area contributed by atoms with Gasteiger partial charge in [0.25, 0.3) is 0 Å². The topological polar surface area (TPSA) is 63.6 Å². The van der Waals surface area contributed by atoms with E-state index in [1.54, 1.807) is 18.6 Å². The number of nitrogens with one attached hydrogen (secondary N) is 1. The number of aromatic nitrogens is 4. The molecule has 6 heteroatoms. The van der Waals surface area contributed by atoms with E-state index in [2.05, 4.69) is 25.3 Å². The fraction of sp³-hybridized carbons (Fsp3) is 0.0476. The number of benzene rings is 1. The monoisotopic (exact) mass is 373 g/mol. The Morgan fingerprint density at radius 3 is 2.37 bits per heavy atom. The van der Waals surface area contributed by atoms with Crippen LogP contribution in [-0.2, 0) is 6.54 Å². The number of anilines is 1. The first-order valence-electron chi connectivity index (χ1n) is 8.47. The summed E-state index contributed by atoms with van der Waals surface area (Å²) in [6, 6.07) is 19.2. The van der Waals surface area contributed by atoms with Crippen molar-refractivity contribution in [3.8, 4) is 22.8 Å². The molecule has 0 saturated carbocycles. The lowest BCUT2D eigenvalue weighted by Crippen LogP contribution is -2.04. The summed E-state index contributed by atoms with van der Waals surface area (Å²) in [6.07, 6.45) is 5.21. The molecule has 0 fully saturated rings. The van der Waals surface area contributed by atoms with Crippen LogP contribution in [0.4, 0.5) is 5.82 Å². The zero-order valence-electron chi connectivity index (χ0n) is 14.4. The Labute approximate surface area is 162 Å². The molecule has 3 heterocycles. The van der Waals surface area contributed by atoms with Crippen molar-refractivity contribution in [1.29, 1.82) is 0 Å². The Hall–Kier alpha value is -3.31. The van der Waals surface area contributed by atoms with Crippen molar-refractivity contribution in [2.75, 3.05) is 5.32 Å². The average molecular weight is 374 g/mol. The van der Waals surface area contributed by atoms with Gasteiger partial charge in [0, 0.05) is 41.8 Å². The van der Waals surface area contributed by atoms with Crippen LogP contribution >= 0.6 is 11.6 Å². The first-order valence-corrected chi connectivity index (χ1v) is 8.85. The molecule has 4 aromatic rings. The van der Waals surface area contributed by atoms with E-state index in [0.717, 1.165) is 33.4 Å². The summed E-state index contributed by atoms with van der Waals surface area (Å²) in [7, 11) is 0. The maximum atomic E-state index is 5.95. The molecule has 0 bridgehead atoms. The second kappa shape index (κ2) is 7.93. The van der Waals surface area contributed by atoms with Crippen LogP contribution in [0.5, 0.6) is 0 Å². The molecule has 132 valence electrons. The number of hydrogen-bond donors (Lipinski definition) is 1. The van der Waals surface area contributed by atoms with Gasteiger partial charge in [0.15, 0.2) is 5.82 Å². The minimum Gasteiger partial charge on any atom is -0.366 e. The summed E-state index contributed by atoms with van der Waals surface area (Å²) in [4.78, 5) is 17.8. The van der Waals surface area contributed by atoms with Gasteiger partial charge in [0.1, 0.15) is 5.82 Å². The van der Waals surface area contributed by atoms with Crippen molar-refractivity contribution in [1.82, 2.24) is 19.9 Å². The molecule has 0 aliphatic rings. The van der Waals surface area contributed by atoms with Gasteiger partial charge in [-0.15, -0.1) is 0 Å². The number of halogens is 1. The van der Waals surface area contributed by atoms with Crippen LogP contribution < -0.4 is 5.32 Å². The Morgan fingerprint density at radius 2 is 1.63 bits per heavy atom. The third-order valence-corrected chi connectivity index (χ3v) is 4.23. The van der Waals surface area contributed by atoms with E-state index in [1.165, 1.54) is 0 Å². The minimum atomic E-state index is 0.624. The lowest BCUT2D eigenvalue weighted by molar-refractivity contribution is 1.08. The van der Waals surface area contributed by atoms with Crippen LogP contribution in [0.2, 0.25) is 5.02 Å². The predicted octanol–water partition coefficient (Wildman–Crippen LogP) is 4.87. The molecule has 1 aromatic carbocycles. The standard InChI is InChI=1S/C21H16ClN5/c22-17-6-4-15(5-7-17)14-25-20-13-19(18-3-1-2-10-24-18)26-21(27-20)16-8-11-23-12-9-16/h1-13H,14H2,(H,25,26,27). The fourth-order valence-electron chi connectivity index (χ4n) is 2.61. The molecular formula is C21H16ClN5. The van der Waals surface area contributed by atoms with Gasteiger partial charge in [-0.05, 0) is 42.0 Å². The fourth-order valence-corrected chi connectivity index (χ4v) is 2.73. The summed E-state index contributed by atoms with van der Waals surface area (Å²) in [6.45, 7) is 0.631. The quantitative estimate of drug-likeness (QED) is 0.541. The third-order valence-electron chi connectivity index (χ3n) is 3.98. The highest BCUT2D eigenvalue weighted by molar-refractivity contribution is 6.30. The maximum absolute atomic E-state index is 5.95. The second-order valence-corrected chi connectivity index (χ2v) is 6.33. The van der Waals surface area contributed by atoms with E-state index in [4.69, 9.17) is 11.6 Å². The zero-order chi connectivity index (χ0) is 18.5. The van der Waals surface area contributed by atoms with Gasteiger partial charge >= 0.3 is 0 Å². The highest BCUT2D eigenvalue weighted by Gasteiger charge is 2.09. The first kappa shape index (κ1) is 17.1. The summed E-state index contributed by atoms with van der Waals surface area (Å²) in [5, 5.41) is 4.08. The molecule has 0 amide bonds. The van der Waals surface area contributed by atoms with Crippen molar-refractivity contribution in [3.05, 3.63) is 89.8 Å². The van der Waals surface area contributed by atoms with E-state index in [1.807, 2.05) is 60.7 Å². The summed E-state index contributed by atoms with van der Waals surface area (Å²) >= 11 is 5.95. The molecule has 0 saturated heterocycles. The predicted molar refractivity (Wildman–Crippen MR) is 107 cm³/mol. The van der Waals surface area contributed by atoms with Gasteiger partial charge in [0.2, 0.25) is 0 Å². The number of rotatable bonds is 5. The van der Waals surface area contributed by atoms with Crippen molar-refractivity contribution in [3.63, 3.8) is 0 Å². The molecule has 0 radical (unpaired) electrons. The van der Waals surface area contributed by atoms with Gasteiger partial charge in [-0.1, -0.05) is 29.8 Å². The Morgan fingerprint density at radius 1 is 0.815 bits per heavy atom. The maximum Gasteiger partial charge on any atom is 0.162 e. The Kier molecular flexibility index (Phi) is 5.03. The molecule has 27 heavy (non-hydrogen) atoms. The molecule has 5 nitrogen and oxygen atoms in total. The summed E-state index contributed by atoms with van der Waals surface area (Å²) in [5.74, 6) is 1.35. The lowest BCUT2D eigenvalue weighted by Gasteiger charge is -2.10. The van der Waals surface area contributed by atoms with Crippen LogP contribution in [0.15, 0.2) is 79.3 Å². The molecule has 0 atom stereocenters. The molecular weight excluding hydrogens is 358 g/mol. The van der Waals surface area contributed by atoms with Gasteiger partial charge < -0.3 is 5.32 Å². The van der Waals surface area contributed by atoms with Crippen LogP contribution in [0.3, 0.4) is 0 Å². The van der Waals surface area contributed by atoms with Crippen molar-refractivity contribution >= 4 is 17.4 Å². The van der Waals surface area contributed by atoms with Crippen LogP contribution in [0, 0.1) is 0 Å². The van der Waals surface area contributed by atoms with Gasteiger partial charge in [0.05, 0.1) is 11.4 Å². The van der Waals surface area contributed by atoms with Crippen LogP contribution in [0.25, 0.3) is 22.8 Å². The van der Waals surface area contributed by atoms with E-state index >= 15 is 0 Å². The normalized spacial score (nSPS) is 10.6. The number of hydrogen-bond acceptors (Lipinski definition) is 5. The van der Waals surface area contributed by atoms with Crippen molar-refractivity contribution < 1.29 is 0 Å². The van der Waals surface area contributed by atoms with Crippen molar-refractivity contribution in [2.24, 2.45) is 0 Å².